The van der Waals surface area contributed by atoms with Crippen molar-refractivity contribution in [1.82, 2.24) is 24.9 Å². The van der Waals surface area contributed by atoms with Crippen molar-refractivity contribution < 1.29 is 77.9 Å². The Labute approximate surface area is 724 Å². The molecule has 0 atom stereocenters. The van der Waals surface area contributed by atoms with Gasteiger partial charge in [0.25, 0.3) is 0 Å². The number of aryl methyl sites for hydroxylation is 3. The fourth-order valence-electron chi connectivity index (χ4n) is 10.6. The van der Waals surface area contributed by atoms with Crippen LogP contribution in [0.3, 0.4) is 0 Å². The Morgan fingerprint density at radius 2 is 0.939 bits per heavy atom. The van der Waals surface area contributed by atoms with Gasteiger partial charge in [-0.1, -0.05) is 88.7 Å². The van der Waals surface area contributed by atoms with Gasteiger partial charge < -0.3 is 47.5 Å². The summed E-state index contributed by atoms with van der Waals surface area (Å²) < 4.78 is 132. The predicted molar refractivity (Wildman–Crippen MR) is 449 cm³/mol. The van der Waals surface area contributed by atoms with Crippen LogP contribution in [0, 0.1) is 100 Å². The molecular weight excluding hydrogens is 1980 g/mol. The van der Waals surface area contributed by atoms with E-state index in [1.165, 1.54) is 41.7 Å². The number of nitrogens with one attached hydrogen (secondary N) is 1. The lowest BCUT2D eigenvalue weighted by atomic mass is 9.81. The standard InChI is InChI=1S/C16H16BrF3N2O.C13H11N.C12H16BrN2O4P.C8H6Br2N2O.C8H7BrN2O.C8H11F3O.C7H8BrNO2.C7H8BrNO/c1-23-15-11(8-13(17)14(9-21)22-15)5-2-10-3-6-12(7-4-10)16(18,19)20;14-13(11-7-3-1-4-8-11)12-9-5-2-6-10-12;1-4-18-20(16,19-5-2)8-9-6-10(13)11(7-14)15-12(9)17-3;1-13-8-5(3-9)2-6(10)7(4-11)12-8;1-5-3-6(9)7(4-10)11-8(5)12-2;9-8(10,11)7-3-1-6(5-12)2-4-7;1-5-3-6(8)4-9(10)7(5)11-2;1-5-3-6(8)4-9-7(5)10-2/h2,5,8,10,12H,3-4,6-7H2,1H3;1-10,14H;6H,4-5,8H2,1-3H3;2H,3H2,1H3;3H,1-2H3;5-7H,1-4H2;3-4H,1-2H3;3-4H,1-2H3/b5-2+;;;;;;;. The zero-order valence-electron chi connectivity index (χ0n) is 64.2. The largest absolute Gasteiger partial charge is 0.616 e. The van der Waals surface area contributed by atoms with Crippen LogP contribution < -0.4 is 33.2 Å². The van der Waals surface area contributed by atoms with Gasteiger partial charge in [-0.05, 0) is 235 Å². The highest BCUT2D eigenvalue weighted by Crippen LogP contribution is 2.53. The highest BCUT2D eigenvalue weighted by atomic mass is 79.9. The summed E-state index contributed by atoms with van der Waals surface area (Å²) in [5, 5.41) is 54.9. The van der Waals surface area contributed by atoms with E-state index in [0.717, 1.165) is 48.6 Å². The van der Waals surface area contributed by atoms with Crippen molar-refractivity contribution >= 4 is 137 Å². The van der Waals surface area contributed by atoms with Crippen LogP contribution in [0.4, 0.5) is 26.3 Å². The molecule has 10 rings (SSSR count). The van der Waals surface area contributed by atoms with Crippen molar-refractivity contribution in [1.29, 1.82) is 26.5 Å². The zero-order chi connectivity index (χ0) is 86.2. The molecule has 2 aliphatic rings. The molecule has 0 radical (unpaired) electrons. The van der Waals surface area contributed by atoms with E-state index in [2.05, 4.69) is 136 Å². The molecule has 2 aliphatic carbocycles. The summed E-state index contributed by atoms with van der Waals surface area (Å²) in [6, 6.07) is 38.2. The van der Waals surface area contributed by atoms with E-state index in [0.29, 0.717) is 111 Å². The quantitative estimate of drug-likeness (QED) is 0.0159. The van der Waals surface area contributed by atoms with Crippen LogP contribution in [0.5, 0.6) is 35.3 Å². The minimum atomic E-state index is -4.08. The highest BCUT2D eigenvalue weighted by Gasteiger charge is 2.42. The van der Waals surface area contributed by atoms with Gasteiger partial charge in [-0.25, -0.2) is 24.9 Å². The van der Waals surface area contributed by atoms with Gasteiger partial charge >= 0.3 is 25.8 Å². The number of carbonyl (C=O) groups is 1. The van der Waals surface area contributed by atoms with E-state index in [9.17, 15) is 40.9 Å². The Hall–Kier alpha value is -7.93. The van der Waals surface area contributed by atoms with Gasteiger partial charge in [-0.2, -0.15) is 47.4 Å². The number of nitrogens with zero attached hydrogens (tertiary/aromatic N) is 10. The first kappa shape index (κ1) is 101. The molecule has 0 bridgehead atoms. The lowest BCUT2D eigenvalue weighted by Gasteiger charge is -2.28. The van der Waals surface area contributed by atoms with Crippen molar-refractivity contribution in [2.24, 2.45) is 23.7 Å². The lowest BCUT2D eigenvalue weighted by Crippen LogP contribution is -2.28. The predicted octanol–water partition coefficient (Wildman–Crippen LogP) is 22.5. The number of nitriles is 4. The van der Waals surface area contributed by atoms with E-state index in [1.807, 2.05) is 136 Å². The summed E-state index contributed by atoms with van der Waals surface area (Å²) in [4.78, 5) is 30.4. The number of alkyl halides is 7. The molecule has 0 spiro atoms. The number of carbonyl (C=O) groups excluding carboxylic acids is 1. The maximum Gasteiger partial charge on any atom is 0.391 e. The van der Waals surface area contributed by atoms with Gasteiger partial charge in [0.15, 0.2) is 29.0 Å². The molecule has 115 heavy (non-hydrogen) atoms. The van der Waals surface area contributed by atoms with Crippen LogP contribution in [0.25, 0.3) is 6.08 Å². The number of hydrogen-bond donors (Lipinski definition) is 1. The Morgan fingerprint density at radius 1 is 0.548 bits per heavy atom. The number of ether oxygens (including phenoxy) is 6. The van der Waals surface area contributed by atoms with Crippen molar-refractivity contribution in [3.8, 4) is 59.6 Å². The highest BCUT2D eigenvalue weighted by molar-refractivity contribution is 9.11. The molecule has 6 aromatic heterocycles. The fraction of sp³-hybridized carbons (Fsp3) is 0.367. The summed E-state index contributed by atoms with van der Waals surface area (Å²) in [5.41, 5.74) is 8.52. The molecule has 0 unspecified atom stereocenters. The molecule has 2 aromatic carbocycles. The van der Waals surface area contributed by atoms with Gasteiger partial charge in [0.1, 0.15) is 30.6 Å². The molecule has 616 valence electrons. The Kier molecular flexibility index (Phi) is 45.8. The molecule has 0 amide bonds. The van der Waals surface area contributed by atoms with E-state index < -0.39 is 31.8 Å². The summed E-state index contributed by atoms with van der Waals surface area (Å²) >= 11 is 22.8. The summed E-state index contributed by atoms with van der Waals surface area (Å²) in [7, 11) is 5.81. The first-order chi connectivity index (χ1) is 54.5. The van der Waals surface area contributed by atoms with Crippen LogP contribution >= 0.6 is 119 Å². The normalized spacial score (nSPS) is 14.6. The van der Waals surface area contributed by atoms with Crippen molar-refractivity contribution in [3.05, 3.63) is 215 Å². The van der Waals surface area contributed by atoms with E-state index in [1.54, 1.807) is 45.4 Å². The SMILES string of the molecule is CCOP(=O)(Cc1cc(Br)c(C#N)nc1OC)OCC.COc1c(C)cc(Br)c[n+]1[O-].COc1nc(C#N)c(Br)cc1/C=C/C1CCC(C(F)(F)F)CC1.COc1nc(C#N)c(Br)cc1C.COc1nc(C#N)c(Br)cc1CBr.COc1ncc(Br)cc1C.N=C(c1ccccc1)c1ccccc1.O=CC1CCC(C(F)(F)F)CC1. The average Bonchev–Trinajstić information content (AvgIpc) is 0.823. The second kappa shape index (κ2) is 52.0. The summed E-state index contributed by atoms with van der Waals surface area (Å²) in [6.45, 7) is 9.70. The second-order valence-corrected chi connectivity index (χ2v) is 32.2. The smallest absolute Gasteiger partial charge is 0.391 e. The number of aromatic nitrogens is 6. The maximum atomic E-state index is 12.7. The Balaban J connectivity index is 0.000000346. The molecular formula is C79H83Br7F6N11O11P. The molecule has 36 heteroatoms. The second-order valence-electron chi connectivity index (χ2n) is 24.3. The fourth-order valence-corrected chi connectivity index (χ4v) is 15.6. The number of benzene rings is 2. The third-order valence-electron chi connectivity index (χ3n) is 16.3. The topological polar surface area (TPSA) is 318 Å². The number of methoxy groups -OCH3 is 6. The third-order valence-corrected chi connectivity index (χ3v) is 22.2. The summed E-state index contributed by atoms with van der Waals surface area (Å²) in [5.74, 6) is 0.203. The lowest BCUT2D eigenvalue weighted by molar-refractivity contribution is -0.613. The number of rotatable bonds is 18. The molecule has 0 saturated heterocycles. The van der Waals surface area contributed by atoms with Crippen LogP contribution in [0.2, 0.25) is 0 Å². The van der Waals surface area contributed by atoms with Crippen LogP contribution in [-0.2, 0) is 29.9 Å². The van der Waals surface area contributed by atoms with E-state index >= 15 is 0 Å². The maximum absolute atomic E-state index is 12.7. The minimum Gasteiger partial charge on any atom is -0.616 e. The van der Waals surface area contributed by atoms with E-state index in [-0.39, 0.29) is 74.2 Å². The number of halogens is 13. The third kappa shape index (κ3) is 34.3. The van der Waals surface area contributed by atoms with Gasteiger partial charge in [-0.15, -0.1) is 4.73 Å². The van der Waals surface area contributed by atoms with Crippen LogP contribution in [0.1, 0.15) is 132 Å². The van der Waals surface area contributed by atoms with Gasteiger partial charge in [0, 0.05) is 49.7 Å². The number of aldehydes is 1. The number of allylic oxidation sites excluding steroid dienone is 1. The van der Waals surface area contributed by atoms with Crippen molar-refractivity contribution in [3.63, 3.8) is 0 Å². The first-order valence-electron chi connectivity index (χ1n) is 34.6. The van der Waals surface area contributed by atoms with Gasteiger partial charge in [0.2, 0.25) is 29.4 Å². The van der Waals surface area contributed by atoms with Gasteiger partial charge in [-0.3, -0.25) is 9.97 Å². The zero-order valence-corrected chi connectivity index (χ0v) is 76.2. The molecule has 2 fully saturated rings. The number of hydrogen-bond acceptors (Lipinski definition) is 21. The average molecular weight is 2070 g/mol. The molecule has 2 saturated carbocycles. The molecule has 1 N–H and O–H groups in total. The molecule has 22 nitrogen and oxygen atoms in total. The molecule has 6 heterocycles. The first-order valence-corrected chi connectivity index (χ1v) is 42.2. The number of pyridine rings is 6. The molecule has 0 aliphatic heterocycles. The van der Waals surface area contributed by atoms with Gasteiger partial charge in [0.05, 0.1) is 108 Å². The summed E-state index contributed by atoms with van der Waals surface area (Å²) in [6.07, 6.45) is 1.91. The monoisotopic (exact) mass is 2060 g/mol. The van der Waals surface area contributed by atoms with Crippen LogP contribution in [0.15, 0.2) is 142 Å². The minimum absolute atomic E-state index is 0.0369. The Morgan fingerprint density at radius 3 is 1.33 bits per heavy atom. The van der Waals surface area contributed by atoms with E-state index in [4.69, 9.17) is 63.9 Å². The van der Waals surface area contributed by atoms with Crippen molar-refractivity contribution in [2.75, 3.05) is 55.9 Å². The van der Waals surface area contributed by atoms with Crippen LogP contribution in [-0.4, -0.2) is 105 Å². The molecule has 8 aromatic rings. The Bertz CT molecular complexity index is 4640. The van der Waals surface area contributed by atoms with Crippen molar-refractivity contribution in [2.45, 2.75) is 110 Å².